The van der Waals surface area contributed by atoms with Gasteiger partial charge in [0.25, 0.3) is 0 Å². The van der Waals surface area contributed by atoms with Crippen LogP contribution >= 0.6 is 15.9 Å². The van der Waals surface area contributed by atoms with Crippen LogP contribution in [0.1, 0.15) is 27.9 Å². The molecule has 0 aliphatic rings. The van der Waals surface area contributed by atoms with E-state index in [-0.39, 0.29) is 5.97 Å². The first-order chi connectivity index (χ1) is 7.72. The van der Waals surface area contributed by atoms with Crippen molar-refractivity contribution in [2.45, 2.75) is 18.2 Å². The van der Waals surface area contributed by atoms with Crippen molar-refractivity contribution in [3.05, 3.63) is 34.9 Å². The van der Waals surface area contributed by atoms with Gasteiger partial charge in [-0.2, -0.15) is 5.26 Å². The van der Waals surface area contributed by atoms with Crippen molar-refractivity contribution in [1.29, 1.82) is 5.26 Å². The number of nitriles is 1. The minimum atomic E-state index is -0.332. The Bertz CT molecular complexity index is 424. The molecule has 0 atom stereocenters. The third-order valence-electron chi connectivity index (χ3n) is 2.24. The Morgan fingerprint density at radius 3 is 2.88 bits per heavy atom. The van der Waals surface area contributed by atoms with Crippen LogP contribution in [0.2, 0.25) is 0 Å². The first-order valence-electron chi connectivity index (χ1n) is 4.86. The Kier molecular flexibility index (Phi) is 5.00. The minimum absolute atomic E-state index is 0.332. The normalized spacial score (nSPS) is 9.56. The van der Waals surface area contributed by atoms with E-state index in [0.29, 0.717) is 23.7 Å². The Hall–Kier alpha value is -1.34. The number of methoxy groups -OCH3 is 1. The van der Waals surface area contributed by atoms with Gasteiger partial charge in [0.2, 0.25) is 0 Å². The third kappa shape index (κ3) is 3.07. The first-order valence-corrected chi connectivity index (χ1v) is 5.98. The SMILES string of the molecule is COC(=O)c1ccc(CCC#N)cc1CBr. The molecule has 0 unspecified atom stereocenters. The molecule has 0 bridgehead atoms. The maximum Gasteiger partial charge on any atom is 0.338 e. The average molecular weight is 282 g/mol. The van der Waals surface area contributed by atoms with Crippen molar-refractivity contribution >= 4 is 21.9 Å². The van der Waals surface area contributed by atoms with Crippen molar-refractivity contribution in [2.24, 2.45) is 0 Å². The van der Waals surface area contributed by atoms with Gasteiger partial charge in [-0.3, -0.25) is 0 Å². The molecule has 1 aromatic carbocycles. The van der Waals surface area contributed by atoms with Crippen molar-refractivity contribution in [1.82, 2.24) is 0 Å². The van der Waals surface area contributed by atoms with E-state index in [4.69, 9.17) is 5.26 Å². The monoisotopic (exact) mass is 281 g/mol. The van der Waals surface area contributed by atoms with Crippen molar-refractivity contribution < 1.29 is 9.53 Å². The number of halogens is 1. The van der Waals surface area contributed by atoms with Crippen molar-refractivity contribution in [3.63, 3.8) is 0 Å². The van der Waals surface area contributed by atoms with Gasteiger partial charge < -0.3 is 4.74 Å². The van der Waals surface area contributed by atoms with Gasteiger partial charge in [-0.05, 0) is 23.6 Å². The summed E-state index contributed by atoms with van der Waals surface area (Å²) in [5, 5.41) is 9.10. The average Bonchev–Trinajstić information content (AvgIpc) is 2.34. The van der Waals surface area contributed by atoms with Gasteiger partial charge in [0.05, 0.1) is 18.7 Å². The number of alkyl halides is 1. The highest BCUT2D eigenvalue weighted by atomic mass is 79.9. The van der Waals surface area contributed by atoms with E-state index >= 15 is 0 Å². The number of benzene rings is 1. The molecule has 0 fully saturated rings. The van der Waals surface area contributed by atoms with E-state index < -0.39 is 0 Å². The lowest BCUT2D eigenvalue weighted by Crippen LogP contribution is -2.05. The summed E-state index contributed by atoms with van der Waals surface area (Å²) in [7, 11) is 1.37. The lowest BCUT2D eigenvalue weighted by Gasteiger charge is -2.07. The van der Waals surface area contributed by atoms with Gasteiger partial charge in [-0.15, -0.1) is 0 Å². The highest BCUT2D eigenvalue weighted by molar-refractivity contribution is 9.08. The van der Waals surface area contributed by atoms with Crippen LogP contribution in [0.4, 0.5) is 0 Å². The van der Waals surface area contributed by atoms with E-state index in [9.17, 15) is 4.79 Å². The predicted octanol–water partition coefficient (Wildman–Crippen LogP) is 2.82. The lowest BCUT2D eigenvalue weighted by atomic mass is 10.0. The number of carbonyl (C=O) groups is 1. The summed E-state index contributed by atoms with van der Waals surface area (Å²) in [6, 6.07) is 7.63. The standard InChI is InChI=1S/C12H12BrNO2/c1-16-12(15)11-5-4-9(3-2-6-14)7-10(11)8-13/h4-5,7H,2-3,8H2,1H3. The predicted molar refractivity (Wildman–Crippen MR) is 64.3 cm³/mol. The highest BCUT2D eigenvalue weighted by Gasteiger charge is 2.11. The molecule has 0 aromatic heterocycles. The molecule has 1 rings (SSSR count). The molecular weight excluding hydrogens is 270 g/mol. The van der Waals surface area contributed by atoms with Crippen LogP contribution in [0.3, 0.4) is 0 Å². The quantitative estimate of drug-likeness (QED) is 0.630. The molecule has 0 N–H and O–H groups in total. The van der Waals surface area contributed by atoms with E-state index in [1.165, 1.54) is 7.11 Å². The van der Waals surface area contributed by atoms with E-state index in [1.54, 1.807) is 6.07 Å². The summed E-state index contributed by atoms with van der Waals surface area (Å²) >= 11 is 3.34. The molecule has 1 aromatic rings. The fourth-order valence-electron chi connectivity index (χ4n) is 1.42. The fraction of sp³-hybridized carbons (Fsp3) is 0.333. The molecule has 0 radical (unpaired) electrons. The topological polar surface area (TPSA) is 50.1 Å². The molecule has 0 aliphatic heterocycles. The van der Waals surface area contributed by atoms with Gasteiger partial charge in [0.15, 0.2) is 0 Å². The Labute approximate surface area is 103 Å². The van der Waals surface area contributed by atoms with Crippen LogP contribution in [0.15, 0.2) is 18.2 Å². The second-order valence-corrected chi connectivity index (χ2v) is 3.84. The summed E-state index contributed by atoms with van der Waals surface area (Å²) in [5.74, 6) is -0.332. The highest BCUT2D eigenvalue weighted by Crippen LogP contribution is 2.17. The van der Waals surface area contributed by atoms with Gasteiger partial charge in [0.1, 0.15) is 0 Å². The first kappa shape index (κ1) is 12.7. The molecule has 0 saturated carbocycles. The maximum absolute atomic E-state index is 11.4. The molecule has 0 aliphatic carbocycles. The Morgan fingerprint density at radius 1 is 1.56 bits per heavy atom. The minimum Gasteiger partial charge on any atom is -0.465 e. The van der Waals surface area contributed by atoms with Gasteiger partial charge in [-0.1, -0.05) is 28.1 Å². The van der Waals surface area contributed by atoms with Crippen LogP contribution in [0, 0.1) is 11.3 Å². The van der Waals surface area contributed by atoms with E-state index in [0.717, 1.165) is 11.1 Å². The Morgan fingerprint density at radius 2 is 2.31 bits per heavy atom. The number of hydrogen-bond donors (Lipinski definition) is 0. The van der Waals surface area contributed by atoms with Crippen LogP contribution in [0.25, 0.3) is 0 Å². The van der Waals surface area contributed by atoms with Gasteiger partial charge >= 0.3 is 5.97 Å². The molecule has 0 heterocycles. The Balaban J connectivity index is 2.98. The second kappa shape index (κ2) is 6.29. The zero-order valence-electron chi connectivity index (χ0n) is 9.00. The van der Waals surface area contributed by atoms with Crippen LogP contribution in [-0.4, -0.2) is 13.1 Å². The van der Waals surface area contributed by atoms with E-state index in [2.05, 4.69) is 26.7 Å². The van der Waals surface area contributed by atoms with Gasteiger partial charge in [0, 0.05) is 11.8 Å². The summed E-state index contributed by atoms with van der Waals surface area (Å²) in [6.45, 7) is 0. The summed E-state index contributed by atoms with van der Waals surface area (Å²) in [6.07, 6.45) is 1.19. The van der Waals surface area contributed by atoms with E-state index in [1.807, 2.05) is 12.1 Å². The molecule has 4 heteroatoms. The third-order valence-corrected chi connectivity index (χ3v) is 2.85. The van der Waals surface area contributed by atoms with Crippen molar-refractivity contribution in [2.75, 3.05) is 7.11 Å². The molecule has 84 valence electrons. The van der Waals surface area contributed by atoms with Crippen LogP contribution in [-0.2, 0) is 16.5 Å². The number of esters is 1. The smallest absolute Gasteiger partial charge is 0.338 e. The lowest BCUT2D eigenvalue weighted by molar-refractivity contribution is 0.0600. The molecule has 0 spiro atoms. The zero-order chi connectivity index (χ0) is 12.0. The number of carbonyl (C=O) groups excluding carboxylic acids is 1. The molecule has 0 saturated heterocycles. The number of nitrogens with zero attached hydrogens (tertiary/aromatic N) is 1. The largest absolute Gasteiger partial charge is 0.465 e. The number of rotatable bonds is 4. The number of aryl methyl sites for hydroxylation is 1. The van der Waals surface area contributed by atoms with Crippen molar-refractivity contribution in [3.8, 4) is 6.07 Å². The number of hydrogen-bond acceptors (Lipinski definition) is 3. The van der Waals surface area contributed by atoms with Crippen LogP contribution < -0.4 is 0 Å². The molecule has 3 nitrogen and oxygen atoms in total. The number of ether oxygens (including phenoxy) is 1. The molecular formula is C12H12BrNO2. The summed E-state index contributed by atoms with van der Waals surface area (Å²) in [4.78, 5) is 11.4. The van der Waals surface area contributed by atoms with Crippen LogP contribution in [0.5, 0.6) is 0 Å². The maximum atomic E-state index is 11.4. The molecule has 0 amide bonds. The second-order valence-electron chi connectivity index (χ2n) is 3.27. The zero-order valence-corrected chi connectivity index (χ0v) is 10.6. The molecule has 16 heavy (non-hydrogen) atoms. The summed E-state index contributed by atoms with van der Waals surface area (Å²) < 4.78 is 4.69. The van der Waals surface area contributed by atoms with Gasteiger partial charge in [-0.25, -0.2) is 4.79 Å². The fourth-order valence-corrected chi connectivity index (χ4v) is 1.89. The summed E-state index contributed by atoms with van der Waals surface area (Å²) in [5.41, 5.74) is 2.52.